The van der Waals surface area contributed by atoms with Gasteiger partial charge in [-0.3, -0.25) is 4.79 Å². The van der Waals surface area contributed by atoms with E-state index >= 15 is 0 Å². The van der Waals surface area contributed by atoms with Gasteiger partial charge in [-0.05, 0) is 70.8 Å². The summed E-state index contributed by atoms with van der Waals surface area (Å²) in [6, 6.07) is 8.89. The number of carbonyl (C=O) groups is 1. The van der Waals surface area contributed by atoms with Crippen LogP contribution >= 0.6 is 0 Å². The molecule has 3 heteroatoms. The minimum Gasteiger partial charge on any atom is -0.491 e. The Bertz CT molecular complexity index is 509. The molecule has 0 N–H and O–H groups in total. The van der Waals surface area contributed by atoms with Crippen LogP contribution in [0.25, 0.3) is 0 Å². The number of rotatable bonds is 4. The molecule has 1 aromatic carbocycles. The lowest BCUT2D eigenvalue weighted by Crippen LogP contribution is -2.51. The minimum absolute atomic E-state index is 0.162. The third kappa shape index (κ3) is 3.19. The molecule has 2 saturated heterocycles. The van der Waals surface area contributed by atoms with Crippen LogP contribution in [0.5, 0.6) is 5.75 Å². The van der Waals surface area contributed by atoms with Gasteiger partial charge in [-0.15, -0.1) is 0 Å². The van der Waals surface area contributed by atoms with E-state index in [9.17, 15) is 4.79 Å². The molecule has 120 valence electrons. The first-order valence-electron chi connectivity index (χ1n) is 8.57. The fraction of sp³-hybridized carbons (Fsp3) is 0.632. The summed E-state index contributed by atoms with van der Waals surface area (Å²) in [5.41, 5.74) is 0.837. The first kappa shape index (κ1) is 15.5. The van der Waals surface area contributed by atoms with Crippen LogP contribution in [0.1, 0.15) is 56.3 Å². The highest BCUT2D eigenvalue weighted by atomic mass is 16.5. The Morgan fingerprint density at radius 2 is 1.73 bits per heavy atom. The van der Waals surface area contributed by atoms with Gasteiger partial charge < -0.3 is 9.64 Å². The van der Waals surface area contributed by atoms with Gasteiger partial charge in [-0.25, -0.2) is 0 Å². The fourth-order valence-electron chi connectivity index (χ4n) is 4.04. The Kier molecular flexibility index (Phi) is 4.53. The van der Waals surface area contributed by atoms with Gasteiger partial charge in [-0.1, -0.05) is 6.42 Å². The zero-order valence-corrected chi connectivity index (χ0v) is 13.9. The van der Waals surface area contributed by atoms with Crippen LogP contribution in [-0.4, -0.2) is 35.9 Å². The average Bonchev–Trinajstić information content (AvgIpc) is 2.46. The smallest absolute Gasteiger partial charge is 0.166 e. The van der Waals surface area contributed by atoms with Crippen molar-refractivity contribution >= 4 is 5.78 Å². The molecule has 0 saturated carbocycles. The molecule has 0 aromatic heterocycles. The Morgan fingerprint density at radius 1 is 1.14 bits per heavy atom. The van der Waals surface area contributed by atoms with Gasteiger partial charge in [-0.2, -0.15) is 0 Å². The number of piperidine rings is 2. The summed E-state index contributed by atoms with van der Waals surface area (Å²) < 4.78 is 5.65. The molecule has 2 fully saturated rings. The first-order valence-corrected chi connectivity index (χ1v) is 8.57. The number of ether oxygens (including phenoxy) is 1. The van der Waals surface area contributed by atoms with E-state index in [0.29, 0.717) is 17.9 Å². The Labute approximate surface area is 133 Å². The van der Waals surface area contributed by atoms with Gasteiger partial charge in [0.2, 0.25) is 0 Å². The minimum atomic E-state index is 0.162. The molecule has 2 atom stereocenters. The van der Waals surface area contributed by atoms with E-state index in [-0.39, 0.29) is 12.0 Å². The lowest BCUT2D eigenvalue weighted by atomic mass is 9.76. The fourth-order valence-corrected chi connectivity index (χ4v) is 4.04. The highest BCUT2D eigenvalue weighted by Gasteiger charge is 2.38. The normalized spacial score (nSPS) is 28.6. The van der Waals surface area contributed by atoms with Crippen molar-refractivity contribution in [2.45, 2.75) is 64.1 Å². The molecule has 2 unspecified atom stereocenters. The van der Waals surface area contributed by atoms with E-state index in [1.807, 2.05) is 38.1 Å². The molecule has 0 aliphatic carbocycles. The van der Waals surface area contributed by atoms with Crippen LogP contribution in [0, 0.1) is 5.92 Å². The van der Waals surface area contributed by atoms with Crippen LogP contribution in [0.4, 0.5) is 0 Å². The van der Waals surface area contributed by atoms with Crippen LogP contribution in [-0.2, 0) is 0 Å². The Hall–Kier alpha value is -1.35. The van der Waals surface area contributed by atoms with E-state index in [0.717, 1.165) is 24.2 Å². The van der Waals surface area contributed by atoms with Crippen molar-refractivity contribution in [3.05, 3.63) is 29.8 Å². The topological polar surface area (TPSA) is 29.5 Å². The summed E-state index contributed by atoms with van der Waals surface area (Å²) in [6.45, 7) is 4.02. The van der Waals surface area contributed by atoms with Crippen molar-refractivity contribution < 1.29 is 9.53 Å². The van der Waals surface area contributed by atoms with Crippen molar-refractivity contribution in [1.82, 2.24) is 4.90 Å². The highest BCUT2D eigenvalue weighted by molar-refractivity contribution is 5.98. The molecule has 2 bridgehead atoms. The molecule has 3 nitrogen and oxygen atoms in total. The summed E-state index contributed by atoms with van der Waals surface area (Å²) in [5, 5.41) is 0. The van der Waals surface area contributed by atoms with Gasteiger partial charge in [0.1, 0.15) is 5.75 Å². The molecule has 22 heavy (non-hydrogen) atoms. The Morgan fingerprint density at radius 3 is 2.27 bits per heavy atom. The number of nitrogens with zero attached hydrogens (tertiary/aromatic N) is 1. The zero-order valence-electron chi connectivity index (χ0n) is 13.9. The van der Waals surface area contributed by atoms with Crippen LogP contribution in [0.2, 0.25) is 0 Å². The SMILES string of the molecule is CC(C)Oc1ccc(C(=O)C2CC3CCCC(C2)N3C)cc1. The second kappa shape index (κ2) is 6.41. The molecule has 3 rings (SSSR count). The number of hydrogen-bond donors (Lipinski definition) is 0. The summed E-state index contributed by atoms with van der Waals surface area (Å²) in [6.07, 6.45) is 6.03. The van der Waals surface area contributed by atoms with Crippen LogP contribution < -0.4 is 4.74 Å². The third-order valence-electron chi connectivity index (χ3n) is 5.22. The summed E-state index contributed by atoms with van der Waals surface area (Å²) in [4.78, 5) is 15.3. The van der Waals surface area contributed by atoms with Crippen LogP contribution in [0.3, 0.4) is 0 Å². The largest absolute Gasteiger partial charge is 0.491 e. The van der Waals surface area contributed by atoms with Gasteiger partial charge in [0.05, 0.1) is 6.10 Å². The summed E-state index contributed by atoms with van der Waals surface area (Å²) in [7, 11) is 2.23. The van der Waals surface area contributed by atoms with E-state index < -0.39 is 0 Å². The third-order valence-corrected chi connectivity index (χ3v) is 5.22. The molecular formula is C19H27NO2. The van der Waals surface area contributed by atoms with Gasteiger partial charge in [0.25, 0.3) is 0 Å². The zero-order chi connectivity index (χ0) is 15.7. The second-order valence-corrected chi connectivity index (χ2v) is 7.13. The molecule has 0 radical (unpaired) electrons. The lowest BCUT2D eigenvalue weighted by Gasteiger charge is -2.46. The number of benzene rings is 1. The molecule has 2 aliphatic heterocycles. The van der Waals surface area contributed by atoms with Crippen molar-refractivity contribution in [1.29, 1.82) is 0 Å². The van der Waals surface area contributed by atoms with E-state index in [1.165, 1.54) is 19.3 Å². The first-order chi connectivity index (χ1) is 10.5. The van der Waals surface area contributed by atoms with Crippen molar-refractivity contribution in [3.8, 4) is 5.75 Å². The number of carbonyl (C=O) groups excluding carboxylic acids is 1. The maximum absolute atomic E-state index is 12.8. The molecule has 1 aromatic rings. The van der Waals surface area contributed by atoms with Crippen LogP contribution in [0.15, 0.2) is 24.3 Å². The number of Topliss-reactive ketones (excluding diaryl/α,β-unsaturated/α-hetero) is 1. The highest BCUT2D eigenvalue weighted by Crippen LogP contribution is 2.37. The van der Waals surface area contributed by atoms with E-state index in [4.69, 9.17) is 4.74 Å². The molecule has 0 amide bonds. The van der Waals surface area contributed by atoms with Gasteiger partial charge >= 0.3 is 0 Å². The quantitative estimate of drug-likeness (QED) is 0.789. The molecule has 2 aliphatic rings. The maximum Gasteiger partial charge on any atom is 0.166 e. The second-order valence-electron chi connectivity index (χ2n) is 7.13. The summed E-state index contributed by atoms with van der Waals surface area (Å²) >= 11 is 0. The number of hydrogen-bond acceptors (Lipinski definition) is 3. The van der Waals surface area contributed by atoms with Crippen molar-refractivity contribution in [2.75, 3.05) is 7.05 Å². The number of fused-ring (bicyclic) bond motifs is 2. The number of ketones is 1. The molecule has 2 heterocycles. The predicted molar refractivity (Wildman–Crippen MR) is 88.5 cm³/mol. The Balaban J connectivity index is 1.69. The van der Waals surface area contributed by atoms with Gasteiger partial charge in [0, 0.05) is 23.6 Å². The van der Waals surface area contributed by atoms with E-state index in [1.54, 1.807) is 0 Å². The van der Waals surface area contributed by atoms with Crippen molar-refractivity contribution in [3.63, 3.8) is 0 Å². The standard InChI is InChI=1S/C19H27NO2/c1-13(2)22-18-9-7-14(8-10-18)19(21)15-11-16-5-4-6-17(12-15)20(16)3/h7-10,13,15-17H,4-6,11-12H2,1-3H3. The molecule has 0 spiro atoms. The predicted octanol–water partition coefficient (Wildman–Crippen LogP) is 3.92. The average molecular weight is 301 g/mol. The van der Waals surface area contributed by atoms with Gasteiger partial charge in [0.15, 0.2) is 5.78 Å². The molecular weight excluding hydrogens is 274 g/mol. The lowest BCUT2D eigenvalue weighted by molar-refractivity contribution is 0.0338. The summed E-state index contributed by atoms with van der Waals surface area (Å²) in [5.74, 6) is 1.36. The van der Waals surface area contributed by atoms with E-state index in [2.05, 4.69) is 11.9 Å². The van der Waals surface area contributed by atoms with Crippen molar-refractivity contribution in [2.24, 2.45) is 5.92 Å². The maximum atomic E-state index is 12.8. The monoisotopic (exact) mass is 301 g/mol.